The van der Waals surface area contributed by atoms with E-state index in [4.69, 9.17) is 0 Å². The van der Waals surface area contributed by atoms with Crippen molar-refractivity contribution in [1.82, 2.24) is 9.97 Å². The molecule has 5 nitrogen and oxygen atoms in total. The summed E-state index contributed by atoms with van der Waals surface area (Å²) in [6.45, 7) is 2.45. The quantitative estimate of drug-likeness (QED) is 0.518. The third-order valence-corrected chi connectivity index (χ3v) is 6.23. The SMILES string of the molecule is Cc1cc(NC(=O)[C@H]2CCCN(c3nc4ccccc4nc3C(F)(F)F)C2)ccc1Br. The molecule has 1 fully saturated rings. The number of benzene rings is 2. The fourth-order valence-electron chi connectivity index (χ4n) is 3.75. The van der Waals surface area contributed by atoms with Gasteiger partial charge in [-0.15, -0.1) is 0 Å². The maximum Gasteiger partial charge on any atom is 0.437 e. The van der Waals surface area contributed by atoms with Gasteiger partial charge in [-0.2, -0.15) is 13.2 Å². The number of amides is 1. The van der Waals surface area contributed by atoms with Crippen LogP contribution < -0.4 is 10.2 Å². The van der Waals surface area contributed by atoms with E-state index >= 15 is 0 Å². The summed E-state index contributed by atoms with van der Waals surface area (Å²) in [6, 6.07) is 12.0. The zero-order valence-electron chi connectivity index (χ0n) is 16.7. The number of piperidine rings is 1. The minimum Gasteiger partial charge on any atom is -0.354 e. The Balaban J connectivity index is 1.60. The molecule has 4 rings (SSSR count). The van der Waals surface area contributed by atoms with Crippen LogP contribution in [0.1, 0.15) is 24.1 Å². The van der Waals surface area contributed by atoms with Crippen LogP contribution in [0.25, 0.3) is 11.0 Å². The van der Waals surface area contributed by atoms with E-state index < -0.39 is 17.8 Å². The zero-order valence-corrected chi connectivity index (χ0v) is 18.3. The van der Waals surface area contributed by atoms with Crippen LogP contribution in [-0.2, 0) is 11.0 Å². The number of aromatic nitrogens is 2. The van der Waals surface area contributed by atoms with Crippen molar-refractivity contribution < 1.29 is 18.0 Å². The summed E-state index contributed by atoms with van der Waals surface area (Å²) in [5.41, 5.74) is 1.20. The summed E-state index contributed by atoms with van der Waals surface area (Å²) in [6.07, 6.45) is -3.46. The summed E-state index contributed by atoms with van der Waals surface area (Å²) in [7, 11) is 0. The average molecular weight is 493 g/mol. The lowest BCUT2D eigenvalue weighted by Gasteiger charge is -2.34. The van der Waals surface area contributed by atoms with E-state index in [1.54, 1.807) is 24.3 Å². The molecule has 2 heterocycles. The molecule has 0 radical (unpaired) electrons. The van der Waals surface area contributed by atoms with Gasteiger partial charge in [-0.1, -0.05) is 28.1 Å². The predicted octanol–water partition coefficient (Wildman–Crippen LogP) is 5.57. The number of hydrogen-bond acceptors (Lipinski definition) is 4. The summed E-state index contributed by atoms with van der Waals surface area (Å²) in [5, 5.41) is 2.88. The van der Waals surface area contributed by atoms with E-state index in [0.29, 0.717) is 30.6 Å². The largest absolute Gasteiger partial charge is 0.437 e. The number of carbonyl (C=O) groups excluding carboxylic acids is 1. The first-order valence-electron chi connectivity index (χ1n) is 9.88. The number of alkyl halides is 3. The van der Waals surface area contributed by atoms with Crippen LogP contribution in [0.3, 0.4) is 0 Å². The lowest BCUT2D eigenvalue weighted by molar-refractivity contribution is -0.140. The van der Waals surface area contributed by atoms with Gasteiger partial charge < -0.3 is 10.2 Å². The molecule has 162 valence electrons. The van der Waals surface area contributed by atoms with Crippen molar-refractivity contribution >= 4 is 44.4 Å². The van der Waals surface area contributed by atoms with Gasteiger partial charge in [0.15, 0.2) is 11.5 Å². The molecule has 1 saturated heterocycles. The van der Waals surface area contributed by atoms with Crippen molar-refractivity contribution in [3.63, 3.8) is 0 Å². The molecule has 0 aliphatic carbocycles. The topological polar surface area (TPSA) is 58.1 Å². The van der Waals surface area contributed by atoms with Crippen molar-refractivity contribution in [2.24, 2.45) is 5.92 Å². The molecule has 0 spiro atoms. The molecule has 2 aromatic carbocycles. The minimum absolute atomic E-state index is 0.150. The van der Waals surface area contributed by atoms with Crippen LogP contribution in [0.5, 0.6) is 0 Å². The molecule has 0 unspecified atom stereocenters. The Morgan fingerprint density at radius 2 is 1.87 bits per heavy atom. The molecule has 9 heteroatoms. The second-order valence-electron chi connectivity index (χ2n) is 7.62. The van der Waals surface area contributed by atoms with Gasteiger partial charge in [0.2, 0.25) is 5.91 Å². The number of carbonyl (C=O) groups is 1. The molecular formula is C22H20BrF3N4O. The summed E-state index contributed by atoms with van der Waals surface area (Å²) < 4.78 is 42.1. The van der Waals surface area contributed by atoms with E-state index in [-0.39, 0.29) is 23.8 Å². The van der Waals surface area contributed by atoms with E-state index in [1.807, 2.05) is 19.1 Å². The predicted molar refractivity (Wildman–Crippen MR) is 117 cm³/mol. The van der Waals surface area contributed by atoms with Crippen LogP contribution >= 0.6 is 15.9 Å². The molecule has 3 aromatic rings. The van der Waals surface area contributed by atoms with Gasteiger partial charge in [-0.3, -0.25) is 4.79 Å². The van der Waals surface area contributed by atoms with Gasteiger partial charge in [-0.25, -0.2) is 9.97 Å². The van der Waals surface area contributed by atoms with Gasteiger partial charge in [0.1, 0.15) is 0 Å². The monoisotopic (exact) mass is 492 g/mol. The van der Waals surface area contributed by atoms with Gasteiger partial charge >= 0.3 is 6.18 Å². The second-order valence-corrected chi connectivity index (χ2v) is 8.48. The number of hydrogen-bond donors (Lipinski definition) is 1. The van der Waals surface area contributed by atoms with E-state index in [9.17, 15) is 18.0 Å². The first-order valence-corrected chi connectivity index (χ1v) is 10.7. The summed E-state index contributed by atoms with van der Waals surface area (Å²) >= 11 is 3.42. The van der Waals surface area contributed by atoms with E-state index in [2.05, 4.69) is 31.2 Å². The van der Waals surface area contributed by atoms with Crippen molar-refractivity contribution in [3.05, 3.63) is 58.2 Å². The third kappa shape index (κ3) is 4.66. The number of rotatable bonds is 3. The highest BCUT2D eigenvalue weighted by Gasteiger charge is 2.40. The van der Waals surface area contributed by atoms with Crippen LogP contribution in [0.2, 0.25) is 0 Å². The van der Waals surface area contributed by atoms with Crippen molar-refractivity contribution in [1.29, 1.82) is 0 Å². The standard InChI is InChI=1S/C22H20BrF3N4O/c1-13-11-15(8-9-16(13)23)27-21(31)14-5-4-10-30(12-14)20-19(22(24,25)26)28-17-6-2-3-7-18(17)29-20/h2-3,6-9,11,14H,4-5,10,12H2,1H3,(H,27,31)/t14-/m0/s1. The molecule has 31 heavy (non-hydrogen) atoms. The van der Waals surface area contributed by atoms with Crippen molar-refractivity contribution in [2.45, 2.75) is 25.9 Å². The molecule has 1 aromatic heterocycles. The number of aryl methyl sites for hydroxylation is 1. The maximum atomic E-state index is 13.7. The normalized spacial score (nSPS) is 17.1. The molecule has 0 saturated carbocycles. The number of anilines is 2. The first kappa shape index (κ1) is 21.5. The Hall–Kier alpha value is -2.68. The molecule has 1 N–H and O–H groups in total. The number of nitrogens with one attached hydrogen (secondary N) is 1. The second kappa shape index (κ2) is 8.45. The number of halogens is 4. The number of para-hydroxylation sites is 2. The van der Waals surface area contributed by atoms with E-state index in [0.717, 1.165) is 10.0 Å². The Morgan fingerprint density at radius 1 is 1.16 bits per heavy atom. The molecule has 0 bridgehead atoms. The van der Waals surface area contributed by atoms with Gasteiger partial charge in [0, 0.05) is 23.2 Å². The first-order chi connectivity index (χ1) is 14.7. The molecule has 1 amide bonds. The summed E-state index contributed by atoms with van der Waals surface area (Å²) in [5.74, 6) is -0.885. The molecule has 1 aliphatic rings. The fourth-order valence-corrected chi connectivity index (χ4v) is 4.00. The Kier molecular flexibility index (Phi) is 5.88. The number of fused-ring (bicyclic) bond motifs is 1. The Morgan fingerprint density at radius 3 is 2.55 bits per heavy atom. The third-order valence-electron chi connectivity index (χ3n) is 5.34. The molecule has 1 atom stereocenters. The maximum absolute atomic E-state index is 13.7. The highest BCUT2D eigenvalue weighted by molar-refractivity contribution is 9.10. The lowest BCUT2D eigenvalue weighted by Crippen LogP contribution is -2.42. The number of nitrogens with zero attached hydrogens (tertiary/aromatic N) is 3. The highest BCUT2D eigenvalue weighted by atomic mass is 79.9. The molecule has 1 aliphatic heterocycles. The Labute approximate surface area is 185 Å². The highest BCUT2D eigenvalue weighted by Crippen LogP contribution is 2.37. The van der Waals surface area contributed by atoms with Gasteiger partial charge in [0.05, 0.1) is 17.0 Å². The van der Waals surface area contributed by atoms with Crippen LogP contribution in [0.4, 0.5) is 24.7 Å². The van der Waals surface area contributed by atoms with Gasteiger partial charge in [0.25, 0.3) is 0 Å². The summed E-state index contributed by atoms with van der Waals surface area (Å²) in [4.78, 5) is 22.5. The minimum atomic E-state index is -4.64. The van der Waals surface area contributed by atoms with Gasteiger partial charge in [-0.05, 0) is 55.7 Å². The fraction of sp³-hybridized carbons (Fsp3) is 0.318. The smallest absolute Gasteiger partial charge is 0.354 e. The van der Waals surface area contributed by atoms with Crippen LogP contribution in [0, 0.1) is 12.8 Å². The van der Waals surface area contributed by atoms with Crippen molar-refractivity contribution in [2.75, 3.05) is 23.3 Å². The van der Waals surface area contributed by atoms with E-state index in [1.165, 1.54) is 11.0 Å². The van der Waals surface area contributed by atoms with Crippen molar-refractivity contribution in [3.8, 4) is 0 Å². The zero-order chi connectivity index (χ0) is 22.2. The van der Waals surface area contributed by atoms with Crippen LogP contribution in [0.15, 0.2) is 46.9 Å². The van der Waals surface area contributed by atoms with Crippen LogP contribution in [-0.4, -0.2) is 29.0 Å². The lowest BCUT2D eigenvalue weighted by atomic mass is 9.96. The molecular weight excluding hydrogens is 473 g/mol. The Bertz CT molecular complexity index is 1140. The average Bonchev–Trinajstić information content (AvgIpc) is 2.75.